The van der Waals surface area contributed by atoms with Crippen LogP contribution in [0, 0.1) is 0 Å². The van der Waals surface area contributed by atoms with Gasteiger partial charge in [-0.25, -0.2) is 0 Å². The van der Waals surface area contributed by atoms with Gasteiger partial charge < -0.3 is 9.64 Å². The van der Waals surface area contributed by atoms with E-state index >= 15 is 0 Å². The van der Waals surface area contributed by atoms with E-state index in [-0.39, 0.29) is 16.1 Å². The highest BCUT2D eigenvalue weighted by molar-refractivity contribution is 6.51. The first-order chi connectivity index (χ1) is 13.5. The van der Waals surface area contributed by atoms with Gasteiger partial charge in [0, 0.05) is 12.6 Å². The van der Waals surface area contributed by atoms with Crippen LogP contribution in [0.1, 0.15) is 15.9 Å². The fourth-order valence-electron chi connectivity index (χ4n) is 3.26. The Hall–Kier alpha value is -3.87. The fourth-order valence-corrected chi connectivity index (χ4v) is 3.26. The number of carbonyl (C=O) groups excluding carboxylic acids is 2. The summed E-state index contributed by atoms with van der Waals surface area (Å²) in [4.78, 5) is 39.7. The number of H-pyrrole nitrogens is 2. The average Bonchev–Trinajstić information content (AvgIpc) is 3.07. The van der Waals surface area contributed by atoms with Crippen molar-refractivity contribution in [1.29, 1.82) is 0 Å². The number of nitrogens with one attached hydrogen (secondary N) is 2. The van der Waals surface area contributed by atoms with Crippen LogP contribution in [0.5, 0.6) is 5.75 Å². The lowest BCUT2D eigenvalue weighted by atomic mass is 9.95. The van der Waals surface area contributed by atoms with Crippen molar-refractivity contribution in [2.75, 3.05) is 19.1 Å². The predicted molar refractivity (Wildman–Crippen MR) is 105 cm³/mol. The first kappa shape index (κ1) is 17.5. The standard InChI is InChI=1S/C21H17N3O4/c1-24-16-6-4-3-5-14(16)19(25)17(21(24)27)18-15(20(26)23-22-18)11-12-7-9-13(28-2)10-8-12/h3-11,22H,1-2H3,(H,23,26)/b15-11-,18-17?. The van der Waals surface area contributed by atoms with Gasteiger partial charge in [-0.3, -0.25) is 24.6 Å². The van der Waals surface area contributed by atoms with Crippen LogP contribution in [-0.4, -0.2) is 36.0 Å². The fraction of sp³-hybridized carbons (Fsp3) is 0.0952. The zero-order valence-corrected chi connectivity index (χ0v) is 15.3. The summed E-state index contributed by atoms with van der Waals surface area (Å²) in [7, 11) is 3.17. The lowest BCUT2D eigenvalue weighted by Gasteiger charge is -2.25. The molecule has 0 atom stereocenters. The minimum absolute atomic E-state index is 0.0701. The molecule has 1 aliphatic rings. The summed E-state index contributed by atoms with van der Waals surface area (Å²) in [5, 5.41) is 5.57. The first-order valence-electron chi connectivity index (χ1n) is 8.60. The number of benzene rings is 2. The molecule has 7 nitrogen and oxygen atoms in total. The second kappa shape index (κ2) is 6.70. The number of ketones is 1. The molecule has 3 aromatic rings. The lowest BCUT2D eigenvalue weighted by molar-refractivity contribution is -0.113. The van der Waals surface area contributed by atoms with E-state index in [2.05, 4.69) is 10.2 Å². The van der Waals surface area contributed by atoms with Crippen LogP contribution >= 0.6 is 0 Å². The van der Waals surface area contributed by atoms with E-state index < -0.39 is 17.2 Å². The summed E-state index contributed by atoms with van der Waals surface area (Å²) >= 11 is 0. The van der Waals surface area contributed by atoms with Crippen molar-refractivity contribution in [2.24, 2.45) is 0 Å². The number of nitrogens with zero attached hydrogens (tertiary/aromatic N) is 1. The first-order valence-corrected chi connectivity index (χ1v) is 8.60. The summed E-state index contributed by atoms with van der Waals surface area (Å²) in [6, 6.07) is 14.0. The van der Waals surface area contributed by atoms with Crippen LogP contribution in [0.25, 0.3) is 11.6 Å². The van der Waals surface area contributed by atoms with Gasteiger partial charge in [0.1, 0.15) is 11.3 Å². The second-order valence-corrected chi connectivity index (χ2v) is 6.37. The van der Waals surface area contributed by atoms with Crippen molar-refractivity contribution in [3.05, 3.63) is 80.6 Å². The Labute approximate surface area is 159 Å². The van der Waals surface area contributed by atoms with Crippen LogP contribution in [0.15, 0.2) is 53.3 Å². The number of Topliss-reactive ketones (excluding diaryl/α,β-unsaturated/α-hetero) is 1. The highest BCUT2D eigenvalue weighted by atomic mass is 16.5. The number of amides is 1. The highest BCUT2D eigenvalue weighted by Crippen LogP contribution is 2.28. The van der Waals surface area contributed by atoms with Crippen molar-refractivity contribution in [1.82, 2.24) is 10.2 Å². The third kappa shape index (κ3) is 2.73. The third-order valence-electron chi connectivity index (χ3n) is 4.75. The Morgan fingerprint density at radius 1 is 0.964 bits per heavy atom. The molecule has 28 heavy (non-hydrogen) atoms. The number of hydrogen-bond acceptors (Lipinski definition) is 4. The molecule has 0 unspecified atom stereocenters. The SMILES string of the molecule is COc1ccc(/C=c2\c(=O)[nH][nH]c2=C2C(=O)c3ccccc3N(C)C2=O)cc1. The largest absolute Gasteiger partial charge is 0.497 e. The van der Waals surface area contributed by atoms with Crippen molar-refractivity contribution >= 4 is 29.0 Å². The van der Waals surface area contributed by atoms with Crippen LogP contribution in [0.4, 0.5) is 5.69 Å². The molecule has 0 fully saturated rings. The minimum atomic E-state index is -0.469. The molecule has 2 heterocycles. The molecular formula is C21H17N3O4. The summed E-state index contributed by atoms with van der Waals surface area (Å²) in [5.74, 6) is -0.202. The van der Waals surface area contributed by atoms with E-state index in [0.29, 0.717) is 17.0 Å². The monoisotopic (exact) mass is 375 g/mol. The molecule has 0 spiro atoms. The highest BCUT2D eigenvalue weighted by Gasteiger charge is 2.33. The van der Waals surface area contributed by atoms with Gasteiger partial charge in [-0.2, -0.15) is 0 Å². The maximum Gasteiger partial charge on any atom is 0.271 e. The molecule has 1 aromatic heterocycles. The van der Waals surface area contributed by atoms with Gasteiger partial charge in [0.2, 0.25) is 5.78 Å². The van der Waals surface area contributed by atoms with Gasteiger partial charge in [0.05, 0.1) is 23.4 Å². The number of hydrogen-bond donors (Lipinski definition) is 2. The number of rotatable bonds is 2. The molecule has 0 saturated heterocycles. The molecule has 1 amide bonds. The smallest absolute Gasteiger partial charge is 0.271 e. The molecule has 0 aliphatic carbocycles. The Bertz CT molecular complexity index is 1270. The average molecular weight is 375 g/mol. The zero-order chi connectivity index (χ0) is 19.8. The number of anilines is 1. The molecule has 0 saturated carbocycles. The number of aromatic nitrogens is 2. The third-order valence-corrected chi connectivity index (χ3v) is 4.75. The molecule has 140 valence electrons. The van der Waals surface area contributed by atoms with Crippen LogP contribution in [0.2, 0.25) is 0 Å². The normalized spacial score (nSPS) is 16.4. The van der Waals surface area contributed by atoms with E-state index in [0.717, 1.165) is 5.56 Å². The molecule has 2 N–H and O–H groups in total. The van der Waals surface area contributed by atoms with E-state index in [4.69, 9.17) is 4.74 Å². The summed E-state index contributed by atoms with van der Waals surface area (Å²) < 4.78 is 5.13. The van der Waals surface area contributed by atoms with Crippen LogP contribution < -0.4 is 25.8 Å². The Balaban J connectivity index is 1.98. The number of methoxy groups -OCH3 is 1. The van der Waals surface area contributed by atoms with E-state index in [1.54, 1.807) is 68.8 Å². The van der Waals surface area contributed by atoms with Gasteiger partial charge in [0.15, 0.2) is 0 Å². The van der Waals surface area contributed by atoms with E-state index in [1.165, 1.54) is 4.90 Å². The number of aromatic amines is 2. The Morgan fingerprint density at radius 3 is 2.39 bits per heavy atom. The number of ether oxygens (including phenoxy) is 1. The minimum Gasteiger partial charge on any atom is -0.497 e. The molecule has 0 bridgehead atoms. The molecular weight excluding hydrogens is 358 g/mol. The maximum absolute atomic E-state index is 13.0. The summed E-state index contributed by atoms with van der Waals surface area (Å²) in [5.41, 5.74) is 1.20. The van der Waals surface area contributed by atoms with Crippen LogP contribution in [-0.2, 0) is 4.79 Å². The number of para-hydroxylation sites is 1. The number of fused-ring (bicyclic) bond motifs is 1. The van der Waals surface area contributed by atoms with Gasteiger partial charge in [-0.1, -0.05) is 24.3 Å². The second-order valence-electron chi connectivity index (χ2n) is 6.37. The Kier molecular flexibility index (Phi) is 4.19. The van der Waals surface area contributed by atoms with E-state index in [1.807, 2.05) is 0 Å². The molecule has 0 radical (unpaired) electrons. The molecule has 1 aliphatic heterocycles. The summed E-state index contributed by atoms with van der Waals surface area (Å²) in [6.07, 6.45) is 1.62. The Morgan fingerprint density at radius 2 is 1.68 bits per heavy atom. The predicted octanol–water partition coefficient (Wildman–Crippen LogP) is 0.550. The van der Waals surface area contributed by atoms with Gasteiger partial charge in [-0.05, 0) is 35.9 Å². The van der Waals surface area contributed by atoms with Crippen molar-refractivity contribution < 1.29 is 14.3 Å². The molecule has 7 heteroatoms. The van der Waals surface area contributed by atoms with Gasteiger partial charge in [0.25, 0.3) is 11.5 Å². The number of carbonyl (C=O) groups is 2. The lowest BCUT2D eigenvalue weighted by Crippen LogP contribution is -2.44. The van der Waals surface area contributed by atoms with Crippen molar-refractivity contribution in [3.8, 4) is 5.75 Å². The quantitative estimate of drug-likeness (QED) is 0.684. The zero-order valence-electron chi connectivity index (χ0n) is 15.3. The molecule has 4 rings (SSSR count). The maximum atomic E-state index is 13.0. The van der Waals surface area contributed by atoms with Gasteiger partial charge in [-0.15, -0.1) is 0 Å². The summed E-state index contributed by atoms with van der Waals surface area (Å²) in [6.45, 7) is 0. The van der Waals surface area contributed by atoms with Crippen LogP contribution in [0.3, 0.4) is 0 Å². The van der Waals surface area contributed by atoms with E-state index in [9.17, 15) is 14.4 Å². The van der Waals surface area contributed by atoms with Crippen molar-refractivity contribution in [2.45, 2.75) is 0 Å². The van der Waals surface area contributed by atoms with Gasteiger partial charge >= 0.3 is 0 Å². The molecule has 2 aromatic carbocycles. The van der Waals surface area contributed by atoms with Crippen molar-refractivity contribution in [3.63, 3.8) is 0 Å². The topological polar surface area (TPSA) is 95.3 Å².